The van der Waals surface area contributed by atoms with E-state index in [2.05, 4.69) is 4.98 Å². The van der Waals surface area contributed by atoms with E-state index in [1.54, 1.807) is 6.20 Å². The van der Waals surface area contributed by atoms with Crippen molar-refractivity contribution < 1.29 is 13.2 Å². The van der Waals surface area contributed by atoms with Crippen LogP contribution in [0.2, 0.25) is 0 Å². The molecule has 1 aliphatic rings. The quantitative estimate of drug-likeness (QED) is 0.821. The molecular weight excluding hydrogens is 254 g/mol. The molecule has 0 aliphatic carbocycles. The summed E-state index contributed by atoms with van der Waals surface area (Å²) in [4.78, 5) is 17.4. The number of carbonyl (C=O) groups excluding carboxylic acids is 1. The molecule has 2 N–H and O–H groups in total. The largest absolute Gasteiger partial charge is 0.335 e. The molecular formula is C11H15N3O3S. The van der Waals surface area contributed by atoms with Gasteiger partial charge in [0.05, 0.1) is 12.2 Å². The molecule has 98 valence electrons. The van der Waals surface area contributed by atoms with E-state index in [9.17, 15) is 13.2 Å². The van der Waals surface area contributed by atoms with E-state index in [0.717, 1.165) is 11.3 Å². The van der Waals surface area contributed by atoms with Gasteiger partial charge in [0.1, 0.15) is 5.25 Å². The van der Waals surface area contributed by atoms with Crippen molar-refractivity contribution in [3.05, 3.63) is 29.6 Å². The van der Waals surface area contributed by atoms with Gasteiger partial charge < -0.3 is 4.90 Å². The first-order valence-electron chi connectivity index (χ1n) is 5.58. The molecule has 1 fully saturated rings. The van der Waals surface area contributed by atoms with E-state index in [1.807, 2.05) is 19.1 Å². The smallest absolute Gasteiger partial charge is 0.224 e. The first-order valence-corrected chi connectivity index (χ1v) is 7.19. The minimum Gasteiger partial charge on any atom is -0.335 e. The van der Waals surface area contributed by atoms with E-state index >= 15 is 0 Å². The van der Waals surface area contributed by atoms with Gasteiger partial charge >= 0.3 is 0 Å². The first-order chi connectivity index (χ1) is 8.38. The monoisotopic (exact) mass is 269 g/mol. The Morgan fingerprint density at radius 3 is 2.83 bits per heavy atom. The van der Waals surface area contributed by atoms with Crippen molar-refractivity contribution in [2.45, 2.75) is 25.1 Å². The summed E-state index contributed by atoms with van der Waals surface area (Å²) in [6, 6.07) is 3.72. The number of nitrogens with two attached hydrogens (primary N) is 1. The third-order valence-electron chi connectivity index (χ3n) is 3.10. The van der Waals surface area contributed by atoms with Crippen LogP contribution in [-0.2, 0) is 21.4 Å². The summed E-state index contributed by atoms with van der Waals surface area (Å²) in [6.45, 7) is 2.38. The number of pyridine rings is 1. The highest BCUT2D eigenvalue weighted by Crippen LogP contribution is 2.19. The highest BCUT2D eigenvalue weighted by atomic mass is 32.2. The predicted molar refractivity (Wildman–Crippen MR) is 65.9 cm³/mol. The number of amides is 1. The summed E-state index contributed by atoms with van der Waals surface area (Å²) in [5.74, 6) is -0.195. The summed E-state index contributed by atoms with van der Waals surface area (Å²) >= 11 is 0. The van der Waals surface area contributed by atoms with Crippen LogP contribution < -0.4 is 5.14 Å². The Labute approximate surface area is 106 Å². The molecule has 0 bridgehead atoms. The molecule has 1 saturated heterocycles. The van der Waals surface area contributed by atoms with Gasteiger partial charge in [-0.2, -0.15) is 0 Å². The number of aromatic nitrogens is 1. The van der Waals surface area contributed by atoms with Gasteiger partial charge in [-0.3, -0.25) is 9.78 Å². The summed E-state index contributed by atoms with van der Waals surface area (Å²) in [6.07, 6.45) is 1.62. The van der Waals surface area contributed by atoms with Gasteiger partial charge in [0.2, 0.25) is 15.9 Å². The summed E-state index contributed by atoms with van der Waals surface area (Å²) in [5.41, 5.74) is 1.75. The zero-order chi connectivity index (χ0) is 13.3. The molecule has 1 aliphatic heterocycles. The van der Waals surface area contributed by atoms with Crippen LogP contribution in [0.4, 0.5) is 0 Å². The maximum atomic E-state index is 11.7. The lowest BCUT2D eigenvalue weighted by atomic mass is 10.2. The Morgan fingerprint density at radius 1 is 1.56 bits per heavy atom. The highest BCUT2D eigenvalue weighted by molar-refractivity contribution is 7.89. The van der Waals surface area contributed by atoms with Crippen LogP contribution in [-0.4, -0.2) is 36.0 Å². The van der Waals surface area contributed by atoms with Crippen molar-refractivity contribution in [3.8, 4) is 0 Å². The van der Waals surface area contributed by atoms with Gasteiger partial charge in [0.15, 0.2) is 0 Å². The molecule has 0 spiro atoms. The molecule has 1 amide bonds. The van der Waals surface area contributed by atoms with Crippen molar-refractivity contribution in [1.82, 2.24) is 9.88 Å². The lowest BCUT2D eigenvalue weighted by Crippen LogP contribution is -2.32. The number of carbonyl (C=O) groups is 1. The Kier molecular flexibility index (Phi) is 3.36. The SMILES string of the molecule is Cc1cccnc1CN1CC(S(N)(=O)=O)CC1=O. The minimum absolute atomic E-state index is 0.0370. The van der Waals surface area contributed by atoms with E-state index in [4.69, 9.17) is 5.14 Å². The van der Waals surface area contributed by atoms with Gasteiger partial charge in [0, 0.05) is 19.2 Å². The van der Waals surface area contributed by atoms with Crippen LogP contribution in [0.25, 0.3) is 0 Å². The topological polar surface area (TPSA) is 93.4 Å². The highest BCUT2D eigenvalue weighted by Gasteiger charge is 2.36. The molecule has 1 atom stereocenters. The Hall–Kier alpha value is -1.47. The average molecular weight is 269 g/mol. The molecule has 1 unspecified atom stereocenters. The first kappa shape index (κ1) is 13.0. The fourth-order valence-corrected chi connectivity index (χ4v) is 2.74. The van der Waals surface area contributed by atoms with Crippen LogP contribution in [0.3, 0.4) is 0 Å². The zero-order valence-corrected chi connectivity index (χ0v) is 10.9. The second kappa shape index (κ2) is 4.66. The molecule has 18 heavy (non-hydrogen) atoms. The normalized spacial score (nSPS) is 20.4. The van der Waals surface area contributed by atoms with Crippen LogP contribution in [0, 0.1) is 6.92 Å². The van der Waals surface area contributed by atoms with Gasteiger partial charge in [-0.15, -0.1) is 0 Å². The van der Waals surface area contributed by atoms with Crippen molar-refractivity contribution in [3.63, 3.8) is 0 Å². The van der Waals surface area contributed by atoms with E-state index in [1.165, 1.54) is 4.90 Å². The summed E-state index contributed by atoms with van der Waals surface area (Å²) in [5, 5.41) is 4.27. The maximum absolute atomic E-state index is 11.7. The van der Waals surface area contributed by atoms with Crippen molar-refractivity contribution in [2.24, 2.45) is 5.14 Å². The number of hydrogen-bond donors (Lipinski definition) is 1. The molecule has 2 rings (SSSR count). The van der Waals surface area contributed by atoms with Gasteiger partial charge in [-0.1, -0.05) is 6.07 Å². The molecule has 0 saturated carbocycles. The van der Waals surface area contributed by atoms with Crippen LogP contribution in [0.5, 0.6) is 0 Å². The number of primary sulfonamides is 1. The van der Waals surface area contributed by atoms with Crippen molar-refractivity contribution in [1.29, 1.82) is 0 Å². The molecule has 0 radical (unpaired) electrons. The van der Waals surface area contributed by atoms with E-state index < -0.39 is 15.3 Å². The standard InChI is InChI=1S/C11H15N3O3S/c1-8-3-2-4-13-10(8)7-14-6-9(5-11(14)15)18(12,16)17/h2-4,9H,5-7H2,1H3,(H2,12,16,17). The Bertz CT molecular complexity index is 571. The maximum Gasteiger partial charge on any atom is 0.224 e. The van der Waals surface area contributed by atoms with Gasteiger partial charge in [-0.05, 0) is 18.6 Å². The lowest BCUT2D eigenvalue weighted by molar-refractivity contribution is -0.128. The number of rotatable bonds is 3. The number of sulfonamides is 1. The summed E-state index contributed by atoms with van der Waals surface area (Å²) in [7, 11) is -3.65. The number of likely N-dealkylation sites (tertiary alicyclic amines) is 1. The van der Waals surface area contributed by atoms with E-state index in [-0.39, 0.29) is 18.9 Å². The predicted octanol–water partition coefficient (Wildman–Crippen LogP) is -0.221. The zero-order valence-electron chi connectivity index (χ0n) is 10.0. The number of hydrogen-bond acceptors (Lipinski definition) is 4. The number of nitrogens with zero attached hydrogens (tertiary/aromatic N) is 2. The second-order valence-electron chi connectivity index (χ2n) is 4.46. The lowest BCUT2D eigenvalue weighted by Gasteiger charge is -2.16. The molecule has 0 aromatic carbocycles. The molecule has 1 aromatic heterocycles. The summed E-state index contributed by atoms with van der Waals surface area (Å²) < 4.78 is 22.5. The van der Waals surface area contributed by atoms with Crippen LogP contribution in [0.15, 0.2) is 18.3 Å². The van der Waals surface area contributed by atoms with Crippen molar-refractivity contribution >= 4 is 15.9 Å². The van der Waals surface area contributed by atoms with Crippen LogP contribution in [0.1, 0.15) is 17.7 Å². The second-order valence-corrected chi connectivity index (χ2v) is 6.30. The van der Waals surface area contributed by atoms with Crippen LogP contribution >= 0.6 is 0 Å². The molecule has 6 nitrogen and oxygen atoms in total. The van der Waals surface area contributed by atoms with Crippen molar-refractivity contribution in [2.75, 3.05) is 6.54 Å². The Morgan fingerprint density at radius 2 is 2.28 bits per heavy atom. The fraction of sp³-hybridized carbons (Fsp3) is 0.455. The van der Waals surface area contributed by atoms with E-state index in [0.29, 0.717) is 6.54 Å². The molecule has 1 aromatic rings. The third kappa shape index (κ3) is 2.68. The fourth-order valence-electron chi connectivity index (χ4n) is 1.97. The third-order valence-corrected chi connectivity index (χ3v) is 4.35. The molecule has 7 heteroatoms. The minimum atomic E-state index is -3.65. The number of aryl methyl sites for hydroxylation is 1. The van der Waals surface area contributed by atoms with Gasteiger partial charge in [-0.25, -0.2) is 13.6 Å². The average Bonchev–Trinajstić information content (AvgIpc) is 2.63. The Balaban J connectivity index is 2.13. The van der Waals surface area contributed by atoms with Gasteiger partial charge in [0.25, 0.3) is 0 Å². The molecule has 2 heterocycles.